The van der Waals surface area contributed by atoms with Gasteiger partial charge in [0.25, 0.3) is 11.8 Å². The fraction of sp³-hybridized carbons (Fsp3) is 0.381. The molecular formula is C21H26FN5O3. The molecule has 1 fully saturated rings. The molecule has 0 spiro atoms. The summed E-state index contributed by atoms with van der Waals surface area (Å²) in [5, 5.41) is 5.96. The summed E-state index contributed by atoms with van der Waals surface area (Å²) >= 11 is 0. The molecule has 8 nitrogen and oxygen atoms in total. The number of guanidine groups is 1. The van der Waals surface area contributed by atoms with Crippen LogP contribution in [0.3, 0.4) is 0 Å². The Morgan fingerprint density at radius 3 is 2.43 bits per heavy atom. The van der Waals surface area contributed by atoms with Crippen molar-refractivity contribution in [3.8, 4) is 0 Å². The van der Waals surface area contributed by atoms with Gasteiger partial charge in [-0.15, -0.1) is 0 Å². The summed E-state index contributed by atoms with van der Waals surface area (Å²) in [6.07, 6.45) is 1.49. The van der Waals surface area contributed by atoms with E-state index in [4.69, 9.17) is 4.42 Å². The summed E-state index contributed by atoms with van der Waals surface area (Å²) in [6, 6.07) is 7.78. The minimum absolute atomic E-state index is 0.113. The Bertz CT molecular complexity index is 905. The van der Waals surface area contributed by atoms with E-state index in [-0.39, 0.29) is 11.8 Å². The second kappa shape index (κ2) is 9.91. The van der Waals surface area contributed by atoms with Crippen molar-refractivity contribution in [2.45, 2.75) is 6.92 Å². The number of halogens is 1. The standard InChI is InChI=1S/C21H26FN5O3/c1-15-5-6-16(14-17(15)22)19(28)24-7-8-25-21(23-2)27-11-9-26(10-12-27)20(29)18-4-3-13-30-18/h3-6,13-14H,7-12H2,1-2H3,(H,23,25)(H,24,28). The number of hydrogen-bond donors (Lipinski definition) is 2. The topological polar surface area (TPSA) is 90.2 Å². The van der Waals surface area contributed by atoms with E-state index in [9.17, 15) is 14.0 Å². The highest BCUT2D eigenvalue weighted by Gasteiger charge is 2.25. The zero-order valence-corrected chi connectivity index (χ0v) is 17.2. The third kappa shape index (κ3) is 5.16. The number of aryl methyl sites for hydroxylation is 1. The lowest BCUT2D eigenvalue weighted by Gasteiger charge is -2.36. The van der Waals surface area contributed by atoms with E-state index >= 15 is 0 Å². The van der Waals surface area contributed by atoms with E-state index in [0.717, 1.165) is 0 Å². The fourth-order valence-corrected chi connectivity index (χ4v) is 3.20. The van der Waals surface area contributed by atoms with Crippen LogP contribution in [0.4, 0.5) is 4.39 Å². The van der Waals surface area contributed by atoms with Crippen LogP contribution < -0.4 is 10.6 Å². The van der Waals surface area contributed by atoms with Gasteiger partial charge in [-0.1, -0.05) is 6.07 Å². The Balaban J connectivity index is 1.41. The quantitative estimate of drug-likeness (QED) is 0.439. The van der Waals surface area contributed by atoms with Crippen molar-refractivity contribution in [1.82, 2.24) is 20.4 Å². The summed E-state index contributed by atoms with van der Waals surface area (Å²) in [4.78, 5) is 32.6. The molecule has 0 bridgehead atoms. The summed E-state index contributed by atoms with van der Waals surface area (Å²) < 4.78 is 18.8. The first-order valence-electron chi connectivity index (χ1n) is 9.82. The number of aliphatic imine (C=N–C) groups is 1. The van der Waals surface area contributed by atoms with Crippen LogP contribution in [-0.2, 0) is 0 Å². The molecule has 1 aromatic carbocycles. The monoisotopic (exact) mass is 415 g/mol. The van der Waals surface area contributed by atoms with E-state index in [1.807, 2.05) is 0 Å². The Kier molecular flexibility index (Phi) is 7.05. The van der Waals surface area contributed by atoms with E-state index in [1.54, 1.807) is 43.1 Å². The van der Waals surface area contributed by atoms with Crippen molar-refractivity contribution in [3.05, 3.63) is 59.3 Å². The first-order valence-corrected chi connectivity index (χ1v) is 9.82. The molecule has 30 heavy (non-hydrogen) atoms. The Labute approximate surface area is 174 Å². The molecule has 0 saturated carbocycles. The average molecular weight is 415 g/mol. The fourth-order valence-electron chi connectivity index (χ4n) is 3.20. The number of hydrogen-bond acceptors (Lipinski definition) is 4. The molecule has 1 saturated heterocycles. The van der Waals surface area contributed by atoms with E-state index < -0.39 is 5.82 Å². The van der Waals surface area contributed by atoms with E-state index in [0.29, 0.717) is 62.1 Å². The number of nitrogens with one attached hydrogen (secondary N) is 2. The minimum Gasteiger partial charge on any atom is -0.459 e. The van der Waals surface area contributed by atoms with Crippen molar-refractivity contribution in [2.75, 3.05) is 46.3 Å². The Morgan fingerprint density at radius 2 is 1.80 bits per heavy atom. The second-order valence-corrected chi connectivity index (χ2v) is 6.95. The van der Waals surface area contributed by atoms with E-state index in [2.05, 4.69) is 20.5 Å². The molecule has 2 amide bonds. The maximum atomic E-state index is 13.6. The number of carbonyl (C=O) groups is 2. The van der Waals surface area contributed by atoms with Gasteiger partial charge in [0.2, 0.25) is 0 Å². The smallest absolute Gasteiger partial charge is 0.289 e. The SMILES string of the molecule is CN=C(NCCNC(=O)c1ccc(C)c(F)c1)N1CCN(C(=O)c2ccco2)CC1. The summed E-state index contributed by atoms with van der Waals surface area (Å²) in [5.74, 6) is 0.213. The first-order chi connectivity index (χ1) is 14.5. The number of nitrogens with zero attached hydrogens (tertiary/aromatic N) is 3. The van der Waals surface area contributed by atoms with Crippen molar-refractivity contribution in [3.63, 3.8) is 0 Å². The lowest BCUT2D eigenvalue weighted by atomic mass is 10.1. The molecule has 3 rings (SSSR count). The molecule has 2 N–H and O–H groups in total. The molecule has 1 aliphatic rings. The van der Waals surface area contributed by atoms with Gasteiger partial charge in [0, 0.05) is 51.9 Å². The van der Waals surface area contributed by atoms with Crippen LogP contribution in [-0.4, -0.2) is 73.9 Å². The lowest BCUT2D eigenvalue weighted by Crippen LogP contribution is -2.54. The zero-order chi connectivity index (χ0) is 21.5. The highest BCUT2D eigenvalue weighted by molar-refractivity contribution is 5.94. The zero-order valence-electron chi connectivity index (χ0n) is 17.2. The molecular weight excluding hydrogens is 389 g/mol. The number of benzene rings is 1. The van der Waals surface area contributed by atoms with Crippen molar-refractivity contribution < 1.29 is 18.4 Å². The van der Waals surface area contributed by atoms with Crippen LogP contribution in [0.1, 0.15) is 26.5 Å². The molecule has 2 heterocycles. The molecule has 0 unspecified atom stereocenters. The van der Waals surface area contributed by atoms with Gasteiger partial charge >= 0.3 is 0 Å². The summed E-state index contributed by atoms with van der Waals surface area (Å²) in [6.45, 7) is 4.90. The predicted molar refractivity (Wildman–Crippen MR) is 111 cm³/mol. The largest absolute Gasteiger partial charge is 0.459 e. The summed E-state index contributed by atoms with van der Waals surface area (Å²) in [7, 11) is 1.69. The van der Waals surface area contributed by atoms with E-state index in [1.165, 1.54) is 12.3 Å². The number of amides is 2. The molecule has 160 valence electrons. The highest BCUT2D eigenvalue weighted by atomic mass is 19.1. The normalized spacial score (nSPS) is 14.6. The van der Waals surface area contributed by atoms with Gasteiger partial charge in [-0.05, 0) is 36.8 Å². The van der Waals surface area contributed by atoms with Gasteiger partial charge in [-0.2, -0.15) is 0 Å². The molecule has 1 aliphatic heterocycles. The van der Waals surface area contributed by atoms with Crippen molar-refractivity contribution in [1.29, 1.82) is 0 Å². The van der Waals surface area contributed by atoms with Crippen LogP contribution in [0.2, 0.25) is 0 Å². The average Bonchev–Trinajstić information content (AvgIpc) is 3.30. The molecule has 9 heteroatoms. The molecule has 0 radical (unpaired) electrons. The van der Waals surface area contributed by atoms with Gasteiger partial charge in [0.15, 0.2) is 11.7 Å². The predicted octanol–water partition coefficient (Wildman–Crippen LogP) is 1.49. The third-order valence-corrected chi connectivity index (χ3v) is 4.94. The number of rotatable bonds is 5. The third-order valence-electron chi connectivity index (χ3n) is 4.94. The molecule has 0 aliphatic carbocycles. The van der Waals surface area contributed by atoms with Crippen LogP contribution in [0, 0.1) is 12.7 Å². The van der Waals surface area contributed by atoms with Crippen molar-refractivity contribution in [2.24, 2.45) is 4.99 Å². The van der Waals surface area contributed by atoms with Gasteiger partial charge in [0.1, 0.15) is 5.82 Å². The number of piperazine rings is 1. The Morgan fingerprint density at radius 1 is 1.10 bits per heavy atom. The first kappa shape index (κ1) is 21.4. The highest BCUT2D eigenvalue weighted by Crippen LogP contribution is 2.10. The van der Waals surface area contributed by atoms with Crippen LogP contribution >= 0.6 is 0 Å². The second-order valence-electron chi connectivity index (χ2n) is 6.95. The van der Waals surface area contributed by atoms with Crippen LogP contribution in [0.15, 0.2) is 46.0 Å². The van der Waals surface area contributed by atoms with Crippen LogP contribution in [0.25, 0.3) is 0 Å². The molecule has 2 aromatic rings. The molecule has 0 atom stereocenters. The van der Waals surface area contributed by atoms with Crippen LogP contribution in [0.5, 0.6) is 0 Å². The maximum absolute atomic E-state index is 13.6. The van der Waals surface area contributed by atoms with Gasteiger partial charge in [-0.3, -0.25) is 14.6 Å². The Hall–Kier alpha value is -3.36. The lowest BCUT2D eigenvalue weighted by molar-refractivity contribution is 0.0657. The number of carbonyl (C=O) groups excluding carboxylic acids is 2. The minimum atomic E-state index is -0.397. The number of furan rings is 1. The molecule has 1 aromatic heterocycles. The van der Waals surface area contributed by atoms with Crippen molar-refractivity contribution >= 4 is 17.8 Å². The maximum Gasteiger partial charge on any atom is 0.289 e. The van der Waals surface area contributed by atoms with Gasteiger partial charge < -0.3 is 24.9 Å². The van der Waals surface area contributed by atoms with Gasteiger partial charge in [-0.25, -0.2) is 4.39 Å². The summed E-state index contributed by atoms with van der Waals surface area (Å²) in [5.41, 5.74) is 0.794. The van der Waals surface area contributed by atoms with Gasteiger partial charge in [0.05, 0.1) is 6.26 Å².